The molecule has 2 aromatic rings. The van der Waals surface area contributed by atoms with E-state index in [1.165, 1.54) is 29.6 Å². The number of benzene rings is 1. The summed E-state index contributed by atoms with van der Waals surface area (Å²) >= 11 is 0.715. The highest BCUT2D eigenvalue weighted by Gasteiger charge is 2.31. The molecule has 7 nitrogen and oxygen atoms in total. The Labute approximate surface area is 160 Å². The maximum Gasteiger partial charge on any atom is 0.259 e. The molecule has 27 heavy (non-hydrogen) atoms. The summed E-state index contributed by atoms with van der Waals surface area (Å²) in [4.78, 5) is 24.0. The van der Waals surface area contributed by atoms with Crippen molar-refractivity contribution in [1.29, 1.82) is 0 Å². The van der Waals surface area contributed by atoms with Crippen LogP contribution in [0.2, 0.25) is 0 Å². The lowest BCUT2D eigenvalue weighted by Gasteiger charge is -2.15. The summed E-state index contributed by atoms with van der Waals surface area (Å²) in [6.07, 6.45) is 1.97. The highest BCUT2D eigenvalue weighted by molar-refractivity contribution is 7.91. The number of carbonyl (C=O) groups is 2. The first kappa shape index (κ1) is 19.5. The lowest BCUT2D eigenvalue weighted by Crippen LogP contribution is -2.28. The van der Waals surface area contributed by atoms with Crippen LogP contribution in [-0.4, -0.2) is 38.1 Å². The first-order chi connectivity index (χ1) is 12.7. The molecule has 0 bridgehead atoms. The molecule has 1 aromatic carbocycles. The largest absolute Gasteiger partial charge is 0.366 e. The van der Waals surface area contributed by atoms with Crippen molar-refractivity contribution in [2.24, 2.45) is 11.7 Å². The number of nitrogens with zero attached hydrogens (tertiary/aromatic N) is 1. The van der Waals surface area contributed by atoms with E-state index in [9.17, 15) is 22.4 Å². The van der Waals surface area contributed by atoms with Gasteiger partial charge in [-0.25, -0.2) is 12.8 Å². The molecule has 144 valence electrons. The lowest BCUT2D eigenvalue weighted by molar-refractivity contribution is 0.100. The van der Waals surface area contributed by atoms with Crippen molar-refractivity contribution in [3.63, 3.8) is 0 Å². The first-order valence-electron chi connectivity index (χ1n) is 8.16. The van der Waals surface area contributed by atoms with Crippen LogP contribution in [0.25, 0.3) is 0 Å². The maximum absolute atomic E-state index is 13.8. The summed E-state index contributed by atoms with van der Waals surface area (Å²) in [5.74, 6) is -2.07. The average molecular weight is 411 g/mol. The van der Waals surface area contributed by atoms with E-state index < -0.39 is 27.7 Å². The summed E-state index contributed by atoms with van der Waals surface area (Å²) in [7, 11) is -2.35. The van der Waals surface area contributed by atoms with Gasteiger partial charge in [0, 0.05) is 13.6 Å². The molecule has 1 fully saturated rings. The van der Waals surface area contributed by atoms with Gasteiger partial charge in [0.05, 0.1) is 11.1 Å². The third kappa shape index (κ3) is 4.18. The van der Waals surface area contributed by atoms with E-state index in [0.717, 1.165) is 25.0 Å². The molecule has 0 spiro atoms. The van der Waals surface area contributed by atoms with Crippen LogP contribution >= 0.6 is 11.3 Å². The SMILES string of the molecule is CN(CC1CC1)S(=O)(=O)c1cc(C(N)=O)c(NC(=O)c2ccccc2F)s1. The van der Waals surface area contributed by atoms with Gasteiger partial charge in [0.2, 0.25) is 0 Å². The molecule has 3 N–H and O–H groups in total. The van der Waals surface area contributed by atoms with E-state index in [4.69, 9.17) is 5.73 Å². The minimum absolute atomic E-state index is 0.0332. The number of thiophene rings is 1. The van der Waals surface area contributed by atoms with Crippen molar-refractivity contribution in [3.8, 4) is 0 Å². The quantitative estimate of drug-likeness (QED) is 0.728. The number of primary amides is 1. The summed E-state index contributed by atoms with van der Waals surface area (Å²) in [5.41, 5.74) is 4.95. The van der Waals surface area contributed by atoms with Gasteiger partial charge < -0.3 is 11.1 Å². The number of rotatable bonds is 7. The van der Waals surface area contributed by atoms with Crippen LogP contribution in [0.15, 0.2) is 34.5 Å². The Morgan fingerprint density at radius 3 is 2.56 bits per heavy atom. The van der Waals surface area contributed by atoms with Crippen LogP contribution in [-0.2, 0) is 10.0 Å². The molecule has 0 saturated heterocycles. The predicted octanol–water partition coefficient (Wildman–Crippen LogP) is 2.27. The Bertz CT molecular complexity index is 999. The Morgan fingerprint density at radius 2 is 1.96 bits per heavy atom. The minimum atomic E-state index is -3.82. The molecule has 10 heteroatoms. The van der Waals surface area contributed by atoms with Gasteiger partial charge in [-0.2, -0.15) is 4.31 Å². The van der Waals surface area contributed by atoms with Gasteiger partial charge in [-0.15, -0.1) is 11.3 Å². The van der Waals surface area contributed by atoms with Crippen molar-refractivity contribution in [2.75, 3.05) is 18.9 Å². The van der Waals surface area contributed by atoms with Gasteiger partial charge in [0.25, 0.3) is 21.8 Å². The molecule has 0 unspecified atom stereocenters. The smallest absolute Gasteiger partial charge is 0.259 e. The van der Waals surface area contributed by atoms with Gasteiger partial charge in [-0.05, 0) is 37.0 Å². The maximum atomic E-state index is 13.8. The molecule has 1 saturated carbocycles. The number of halogens is 1. The van der Waals surface area contributed by atoms with Crippen LogP contribution in [0.1, 0.15) is 33.6 Å². The summed E-state index contributed by atoms with van der Waals surface area (Å²) in [6.45, 7) is 0.392. The van der Waals surface area contributed by atoms with Crippen molar-refractivity contribution in [3.05, 3.63) is 47.3 Å². The number of nitrogens with one attached hydrogen (secondary N) is 1. The van der Waals surface area contributed by atoms with Crippen molar-refractivity contribution >= 4 is 38.2 Å². The second-order valence-electron chi connectivity index (χ2n) is 6.34. The fourth-order valence-electron chi connectivity index (χ4n) is 2.50. The molecule has 2 amide bonds. The van der Waals surface area contributed by atoms with Gasteiger partial charge in [-0.1, -0.05) is 12.1 Å². The first-order valence-corrected chi connectivity index (χ1v) is 10.4. The van der Waals surface area contributed by atoms with Gasteiger partial charge in [-0.3, -0.25) is 9.59 Å². The Morgan fingerprint density at radius 1 is 1.30 bits per heavy atom. The fourth-order valence-corrected chi connectivity index (χ4v) is 5.33. The number of nitrogens with two attached hydrogens (primary N) is 1. The molecule has 3 rings (SSSR count). The summed E-state index contributed by atoms with van der Waals surface area (Å²) in [5, 5.41) is 2.36. The zero-order valence-corrected chi connectivity index (χ0v) is 16.1. The molecule has 1 aromatic heterocycles. The van der Waals surface area contributed by atoms with Crippen LogP contribution < -0.4 is 11.1 Å². The van der Waals surface area contributed by atoms with Crippen LogP contribution in [0.5, 0.6) is 0 Å². The van der Waals surface area contributed by atoms with Crippen LogP contribution in [0, 0.1) is 11.7 Å². The normalized spacial score (nSPS) is 14.3. The summed E-state index contributed by atoms with van der Waals surface area (Å²) in [6, 6.07) is 6.48. The number of hydrogen-bond acceptors (Lipinski definition) is 5. The van der Waals surface area contributed by atoms with Crippen molar-refractivity contribution in [1.82, 2.24) is 4.31 Å². The van der Waals surface area contributed by atoms with Crippen molar-refractivity contribution in [2.45, 2.75) is 17.1 Å². The van der Waals surface area contributed by atoms with Crippen LogP contribution in [0.4, 0.5) is 9.39 Å². The number of hydrogen-bond donors (Lipinski definition) is 2. The fraction of sp³-hybridized carbons (Fsp3) is 0.294. The minimum Gasteiger partial charge on any atom is -0.366 e. The zero-order valence-electron chi connectivity index (χ0n) is 14.4. The number of anilines is 1. The Kier molecular flexibility index (Phi) is 5.31. The molecule has 0 aliphatic heterocycles. The van der Waals surface area contributed by atoms with Crippen LogP contribution in [0.3, 0.4) is 0 Å². The van der Waals surface area contributed by atoms with E-state index in [1.54, 1.807) is 0 Å². The second-order valence-corrected chi connectivity index (χ2v) is 9.66. The summed E-state index contributed by atoms with van der Waals surface area (Å²) < 4.78 is 40.3. The highest BCUT2D eigenvalue weighted by atomic mass is 32.2. The van der Waals surface area contributed by atoms with E-state index in [-0.39, 0.29) is 20.3 Å². The monoisotopic (exact) mass is 411 g/mol. The van der Waals surface area contributed by atoms with Crippen molar-refractivity contribution < 1.29 is 22.4 Å². The molecule has 1 heterocycles. The van der Waals surface area contributed by atoms with E-state index in [0.29, 0.717) is 23.8 Å². The average Bonchev–Trinajstić information content (AvgIpc) is 3.31. The number of amides is 2. The van der Waals surface area contributed by atoms with Gasteiger partial charge in [0.1, 0.15) is 15.0 Å². The van der Waals surface area contributed by atoms with Gasteiger partial charge in [0.15, 0.2) is 0 Å². The topological polar surface area (TPSA) is 110 Å². The molecule has 0 atom stereocenters. The molecule has 1 aliphatic rings. The lowest BCUT2D eigenvalue weighted by atomic mass is 10.2. The Hall–Kier alpha value is -2.30. The Balaban J connectivity index is 1.90. The van der Waals surface area contributed by atoms with E-state index in [2.05, 4.69) is 5.32 Å². The van der Waals surface area contributed by atoms with Gasteiger partial charge >= 0.3 is 0 Å². The molecular formula is C17H18FN3O4S2. The third-order valence-corrected chi connectivity index (χ3v) is 7.52. The highest BCUT2D eigenvalue weighted by Crippen LogP contribution is 2.35. The third-order valence-electron chi connectivity index (χ3n) is 4.20. The second kappa shape index (κ2) is 7.37. The zero-order chi connectivity index (χ0) is 19.8. The van der Waals surface area contributed by atoms with E-state index in [1.807, 2.05) is 0 Å². The standard InChI is InChI=1S/C17H18FN3O4S2/c1-21(9-10-6-7-10)27(24,25)14-8-12(15(19)22)17(26-14)20-16(23)11-4-2-3-5-13(11)18/h2-5,8,10H,6-7,9H2,1H3,(H2,19,22)(H,20,23). The molecule has 1 aliphatic carbocycles. The molecule has 0 radical (unpaired) electrons. The predicted molar refractivity (Wildman–Crippen MR) is 99.7 cm³/mol. The number of sulfonamides is 1. The number of carbonyl (C=O) groups excluding carboxylic acids is 2. The molecular weight excluding hydrogens is 393 g/mol. The van der Waals surface area contributed by atoms with E-state index >= 15 is 0 Å².